The van der Waals surface area contributed by atoms with Crippen molar-refractivity contribution in [2.75, 3.05) is 7.11 Å². The number of allylic oxidation sites excluding steroid dienone is 1. The van der Waals surface area contributed by atoms with Crippen LogP contribution < -0.4 is 0 Å². The fourth-order valence-corrected chi connectivity index (χ4v) is 3.80. The van der Waals surface area contributed by atoms with Crippen LogP contribution in [-0.4, -0.2) is 24.6 Å². The Kier molecular flexibility index (Phi) is 4.15. The molecule has 24 heavy (non-hydrogen) atoms. The first kappa shape index (κ1) is 16.6. The molecular weight excluding hydrogens is 318 g/mol. The molecule has 4 nitrogen and oxygen atoms in total. The number of carbonyl (C=O) groups excluding carboxylic acids is 2. The molecule has 0 unspecified atom stereocenters. The lowest BCUT2D eigenvalue weighted by molar-refractivity contribution is -0.134. The van der Waals surface area contributed by atoms with E-state index in [2.05, 4.69) is 4.74 Å². The van der Waals surface area contributed by atoms with E-state index in [4.69, 9.17) is 4.74 Å². The highest BCUT2D eigenvalue weighted by Gasteiger charge is 2.55. The Morgan fingerprint density at radius 3 is 2.29 bits per heavy atom. The van der Waals surface area contributed by atoms with Crippen molar-refractivity contribution in [3.8, 4) is 0 Å². The van der Waals surface area contributed by atoms with Gasteiger partial charge in [0.1, 0.15) is 17.2 Å². The van der Waals surface area contributed by atoms with Gasteiger partial charge in [0.15, 0.2) is 0 Å². The topological polar surface area (TPSA) is 52.6 Å². The minimum absolute atomic E-state index is 0.128. The average Bonchev–Trinajstić information content (AvgIpc) is 3.07. The fraction of sp³-hybridized carbons (Fsp3) is 0.444. The van der Waals surface area contributed by atoms with Crippen LogP contribution in [-0.2, 0) is 14.3 Å². The van der Waals surface area contributed by atoms with Gasteiger partial charge in [-0.05, 0) is 49.7 Å². The summed E-state index contributed by atoms with van der Waals surface area (Å²) < 4.78 is 36.7. The van der Waals surface area contributed by atoms with Crippen LogP contribution >= 0.6 is 0 Å². The second-order valence-corrected chi connectivity index (χ2v) is 6.63. The molecule has 0 amide bonds. The molecule has 1 aromatic rings. The van der Waals surface area contributed by atoms with Gasteiger partial charge in [-0.3, -0.25) is 0 Å². The van der Waals surface area contributed by atoms with Crippen LogP contribution in [0.5, 0.6) is 0 Å². The summed E-state index contributed by atoms with van der Waals surface area (Å²) in [6, 6.07) is 2.65. The molecule has 2 aliphatic carbocycles. The van der Waals surface area contributed by atoms with Crippen molar-refractivity contribution in [3.05, 3.63) is 47.5 Å². The quantitative estimate of drug-likeness (QED) is 0.623. The first-order valence-corrected chi connectivity index (χ1v) is 7.82. The SMILES string of the molecule is COC(=O)C=CC12CCC(OC(=O)c3cc(F)cc(F)c3)(CC1)C2. The third kappa shape index (κ3) is 3.18. The van der Waals surface area contributed by atoms with Crippen molar-refractivity contribution < 1.29 is 27.8 Å². The number of carbonyl (C=O) groups is 2. The van der Waals surface area contributed by atoms with Crippen LogP contribution in [0.1, 0.15) is 42.5 Å². The third-order valence-corrected chi connectivity index (χ3v) is 5.01. The summed E-state index contributed by atoms with van der Waals surface area (Å²) in [6.07, 6.45) is 6.78. The molecule has 2 bridgehead atoms. The maximum absolute atomic E-state index is 13.3. The molecule has 0 heterocycles. The van der Waals surface area contributed by atoms with E-state index in [1.807, 2.05) is 6.08 Å². The van der Waals surface area contributed by atoms with Gasteiger partial charge in [-0.25, -0.2) is 18.4 Å². The molecule has 0 radical (unpaired) electrons. The van der Waals surface area contributed by atoms with E-state index in [0.717, 1.165) is 25.0 Å². The minimum atomic E-state index is -0.812. The van der Waals surface area contributed by atoms with E-state index in [-0.39, 0.29) is 11.0 Å². The maximum Gasteiger partial charge on any atom is 0.338 e. The van der Waals surface area contributed by atoms with Gasteiger partial charge in [-0.1, -0.05) is 6.08 Å². The lowest BCUT2D eigenvalue weighted by Gasteiger charge is -2.27. The normalized spacial score (nSPS) is 28.3. The molecule has 0 N–H and O–H groups in total. The first-order valence-electron chi connectivity index (χ1n) is 7.82. The van der Waals surface area contributed by atoms with E-state index < -0.39 is 29.2 Å². The van der Waals surface area contributed by atoms with Gasteiger partial charge < -0.3 is 9.47 Å². The Hall–Kier alpha value is -2.24. The third-order valence-electron chi connectivity index (χ3n) is 5.01. The summed E-state index contributed by atoms with van der Waals surface area (Å²) in [5.41, 5.74) is -0.932. The van der Waals surface area contributed by atoms with E-state index in [0.29, 0.717) is 25.3 Å². The van der Waals surface area contributed by atoms with Crippen LogP contribution in [0.4, 0.5) is 8.78 Å². The molecule has 2 fully saturated rings. The molecule has 0 aromatic heterocycles. The lowest BCUT2D eigenvalue weighted by Crippen LogP contribution is -2.30. The van der Waals surface area contributed by atoms with Gasteiger partial charge in [0.2, 0.25) is 0 Å². The van der Waals surface area contributed by atoms with Crippen LogP contribution in [0, 0.1) is 17.0 Å². The number of ether oxygens (including phenoxy) is 2. The fourth-order valence-electron chi connectivity index (χ4n) is 3.80. The van der Waals surface area contributed by atoms with E-state index in [1.54, 1.807) is 0 Å². The molecule has 2 saturated carbocycles. The standard InChI is InChI=1S/C18H18F2O4/c1-23-15(21)2-3-17-4-6-18(11-17,7-5-17)24-16(22)12-8-13(19)10-14(20)9-12/h2-3,8-10H,4-7,11H2,1H3. The molecule has 3 rings (SSSR count). The zero-order valence-corrected chi connectivity index (χ0v) is 13.3. The van der Waals surface area contributed by atoms with Crippen molar-refractivity contribution in [1.29, 1.82) is 0 Å². The summed E-state index contributed by atoms with van der Waals surface area (Å²) in [5.74, 6) is -2.76. The molecule has 6 heteroatoms. The maximum atomic E-state index is 13.3. The van der Waals surface area contributed by atoms with Crippen LogP contribution in [0.15, 0.2) is 30.4 Å². The van der Waals surface area contributed by atoms with Gasteiger partial charge in [-0.2, -0.15) is 0 Å². The molecule has 0 aliphatic heterocycles. The van der Waals surface area contributed by atoms with Crippen LogP contribution in [0.3, 0.4) is 0 Å². The molecule has 128 valence electrons. The highest BCUT2D eigenvalue weighted by atomic mass is 19.1. The number of methoxy groups -OCH3 is 1. The van der Waals surface area contributed by atoms with Crippen LogP contribution in [0.2, 0.25) is 0 Å². The zero-order chi connectivity index (χ0) is 17.4. The molecule has 1 aromatic carbocycles. The largest absolute Gasteiger partial charge is 0.466 e. The van der Waals surface area contributed by atoms with E-state index in [1.165, 1.54) is 13.2 Å². The zero-order valence-electron chi connectivity index (χ0n) is 13.3. The van der Waals surface area contributed by atoms with Crippen molar-refractivity contribution in [2.24, 2.45) is 5.41 Å². The highest BCUT2D eigenvalue weighted by molar-refractivity contribution is 5.89. The van der Waals surface area contributed by atoms with Gasteiger partial charge in [0, 0.05) is 12.1 Å². The second-order valence-electron chi connectivity index (χ2n) is 6.63. The predicted octanol–water partition coefficient (Wildman–Crippen LogP) is 3.55. The number of benzene rings is 1. The van der Waals surface area contributed by atoms with Crippen molar-refractivity contribution in [2.45, 2.75) is 37.7 Å². The number of rotatable bonds is 4. The summed E-state index contributed by atoms with van der Waals surface area (Å²) in [7, 11) is 1.32. The monoisotopic (exact) mass is 336 g/mol. The van der Waals surface area contributed by atoms with Gasteiger partial charge in [0.25, 0.3) is 0 Å². The summed E-state index contributed by atoms with van der Waals surface area (Å²) in [6.45, 7) is 0. The summed E-state index contributed by atoms with van der Waals surface area (Å²) in [5, 5.41) is 0. The summed E-state index contributed by atoms with van der Waals surface area (Å²) in [4.78, 5) is 23.5. The molecule has 2 aliphatic rings. The minimum Gasteiger partial charge on any atom is -0.466 e. The Morgan fingerprint density at radius 2 is 1.71 bits per heavy atom. The number of esters is 2. The Morgan fingerprint density at radius 1 is 1.08 bits per heavy atom. The molecular formula is C18H18F2O4. The lowest BCUT2D eigenvalue weighted by atomic mass is 9.84. The first-order chi connectivity index (χ1) is 11.4. The van der Waals surface area contributed by atoms with Gasteiger partial charge in [0.05, 0.1) is 12.7 Å². The summed E-state index contributed by atoms with van der Waals surface area (Å²) >= 11 is 0. The number of hydrogen-bond donors (Lipinski definition) is 0. The highest BCUT2D eigenvalue weighted by Crippen LogP contribution is 2.59. The Bertz CT molecular complexity index is 683. The van der Waals surface area contributed by atoms with E-state index in [9.17, 15) is 18.4 Å². The number of hydrogen-bond acceptors (Lipinski definition) is 4. The van der Waals surface area contributed by atoms with Gasteiger partial charge >= 0.3 is 11.9 Å². The molecule has 0 spiro atoms. The van der Waals surface area contributed by atoms with Crippen molar-refractivity contribution >= 4 is 11.9 Å². The average molecular weight is 336 g/mol. The van der Waals surface area contributed by atoms with Crippen LogP contribution in [0.25, 0.3) is 0 Å². The number of halogens is 2. The Labute approximate surface area is 138 Å². The second kappa shape index (κ2) is 6.00. The van der Waals surface area contributed by atoms with Crippen molar-refractivity contribution in [1.82, 2.24) is 0 Å². The van der Waals surface area contributed by atoms with E-state index >= 15 is 0 Å². The smallest absolute Gasteiger partial charge is 0.338 e. The van der Waals surface area contributed by atoms with Crippen molar-refractivity contribution in [3.63, 3.8) is 0 Å². The molecule has 0 atom stereocenters. The predicted molar refractivity (Wildman–Crippen MR) is 81.2 cm³/mol. The number of fused-ring (bicyclic) bond motifs is 2. The Balaban J connectivity index is 1.72. The van der Waals surface area contributed by atoms with Gasteiger partial charge in [-0.15, -0.1) is 0 Å². The molecule has 0 saturated heterocycles.